The fraction of sp³-hybridized carbons (Fsp3) is 0.800. The molecule has 0 amide bonds. The highest BCUT2D eigenvalue weighted by molar-refractivity contribution is 5.76. The lowest BCUT2D eigenvalue weighted by Gasteiger charge is -2.51. The highest BCUT2D eigenvalue weighted by Crippen LogP contribution is 2.80. The first-order valence-electron chi connectivity index (χ1n) is 14.0. The normalized spacial score (nSPS) is 60.6. The zero-order chi connectivity index (χ0) is 25.7. The second-order valence-corrected chi connectivity index (χ2v) is 14.1. The monoisotopic (exact) mass is 496 g/mol. The van der Waals surface area contributed by atoms with E-state index in [2.05, 4.69) is 26.0 Å². The number of rotatable bonds is 0. The van der Waals surface area contributed by atoms with Crippen LogP contribution in [0.5, 0.6) is 0 Å². The van der Waals surface area contributed by atoms with Gasteiger partial charge in [-0.05, 0) is 69.3 Å². The van der Waals surface area contributed by atoms with E-state index in [0.29, 0.717) is 12.8 Å². The summed E-state index contributed by atoms with van der Waals surface area (Å²) in [5.74, 6) is -0.663. The third-order valence-electron chi connectivity index (χ3n) is 12.6. The van der Waals surface area contributed by atoms with Gasteiger partial charge < -0.3 is 19.7 Å². The highest BCUT2D eigenvalue weighted by Gasteiger charge is 2.81. The van der Waals surface area contributed by atoms with Crippen LogP contribution in [0.4, 0.5) is 0 Å². The van der Waals surface area contributed by atoms with Crippen molar-refractivity contribution in [2.75, 3.05) is 0 Å². The average molecular weight is 497 g/mol. The first-order valence-corrected chi connectivity index (χ1v) is 14.0. The Morgan fingerprint density at radius 2 is 1.53 bits per heavy atom. The fourth-order valence-corrected chi connectivity index (χ4v) is 11.0. The minimum absolute atomic E-state index is 0.0424. The molecular formula is C30H40O6. The van der Waals surface area contributed by atoms with Gasteiger partial charge in [-0.25, -0.2) is 0 Å². The summed E-state index contributed by atoms with van der Waals surface area (Å²) in [6, 6.07) is 0. The number of allylic oxidation sites excluding steroid dienone is 2. The van der Waals surface area contributed by atoms with Gasteiger partial charge in [0.05, 0.1) is 23.0 Å². The Morgan fingerprint density at radius 3 is 2.25 bits per heavy atom. The standard InChI is InChI=1S/C30H40O6/c1-13-16-7-9-28(5,33)20-18(22(16)35-25(13)31)15(3)19-21(20)30-12-11-27(19,4)24(30)23-17(8-10-29(30,6)34)14(2)26(32)36-23/h11-14,16-17,19-24,33-34H,7-10H2,1-6H3/t13?,14?,16?,17?,19?,20?,21?,22?,23?,24?,27?,28?,29?,30-/m1/s1. The molecule has 0 spiro atoms. The van der Waals surface area contributed by atoms with Gasteiger partial charge in [0.15, 0.2) is 0 Å². The fourth-order valence-electron chi connectivity index (χ4n) is 11.0. The summed E-state index contributed by atoms with van der Waals surface area (Å²) >= 11 is 0. The van der Waals surface area contributed by atoms with E-state index in [4.69, 9.17) is 9.47 Å². The van der Waals surface area contributed by atoms with Crippen LogP contribution >= 0.6 is 0 Å². The Morgan fingerprint density at radius 1 is 0.889 bits per heavy atom. The summed E-state index contributed by atoms with van der Waals surface area (Å²) in [7, 11) is 0. The summed E-state index contributed by atoms with van der Waals surface area (Å²) in [6.07, 6.45) is 6.68. The highest BCUT2D eigenvalue weighted by atomic mass is 16.6. The number of hydrogen-bond acceptors (Lipinski definition) is 6. The van der Waals surface area contributed by atoms with E-state index in [0.717, 1.165) is 18.4 Å². The molecular weight excluding hydrogens is 456 g/mol. The van der Waals surface area contributed by atoms with Gasteiger partial charge in [0.1, 0.15) is 12.2 Å². The molecule has 7 rings (SSSR count). The van der Waals surface area contributed by atoms with Crippen molar-refractivity contribution in [2.24, 2.45) is 58.2 Å². The van der Waals surface area contributed by atoms with E-state index in [-0.39, 0.29) is 76.9 Å². The van der Waals surface area contributed by atoms with Crippen LogP contribution in [0.2, 0.25) is 0 Å². The number of carbonyl (C=O) groups is 2. The van der Waals surface area contributed by atoms with Gasteiger partial charge in [0, 0.05) is 29.1 Å². The molecule has 6 heteroatoms. The van der Waals surface area contributed by atoms with Gasteiger partial charge in [-0.2, -0.15) is 0 Å². The van der Waals surface area contributed by atoms with Gasteiger partial charge in [-0.1, -0.05) is 38.5 Å². The van der Waals surface area contributed by atoms with Gasteiger partial charge >= 0.3 is 11.9 Å². The van der Waals surface area contributed by atoms with E-state index in [9.17, 15) is 19.8 Å². The molecule has 196 valence electrons. The minimum Gasteiger partial charge on any atom is -0.461 e. The average Bonchev–Trinajstić information content (AvgIpc) is 3.47. The van der Waals surface area contributed by atoms with Crippen LogP contribution in [0.25, 0.3) is 0 Å². The van der Waals surface area contributed by atoms with Crippen molar-refractivity contribution in [1.82, 2.24) is 0 Å². The molecule has 3 saturated carbocycles. The molecule has 13 unspecified atom stereocenters. The van der Waals surface area contributed by atoms with Crippen molar-refractivity contribution in [3.8, 4) is 0 Å². The smallest absolute Gasteiger partial charge is 0.309 e. The Hall–Kier alpha value is -1.66. The van der Waals surface area contributed by atoms with Crippen LogP contribution in [-0.2, 0) is 19.1 Å². The number of esters is 2. The van der Waals surface area contributed by atoms with Crippen LogP contribution in [0, 0.1) is 58.2 Å². The third-order valence-corrected chi connectivity index (χ3v) is 12.6. The molecule has 0 radical (unpaired) electrons. The minimum atomic E-state index is -1.01. The lowest BCUT2D eigenvalue weighted by Crippen LogP contribution is -2.56. The van der Waals surface area contributed by atoms with Crippen LogP contribution in [0.1, 0.15) is 67.2 Å². The molecule has 5 aliphatic carbocycles. The second-order valence-electron chi connectivity index (χ2n) is 14.1. The molecule has 5 fully saturated rings. The summed E-state index contributed by atoms with van der Waals surface area (Å²) in [5, 5.41) is 24.5. The molecule has 14 atom stereocenters. The van der Waals surface area contributed by atoms with Crippen molar-refractivity contribution in [1.29, 1.82) is 0 Å². The van der Waals surface area contributed by atoms with E-state index in [1.165, 1.54) is 5.57 Å². The lowest BCUT2D eigenvalue weighted by atomic mass is 9.55. The Kier molecular flexibility index (Phi) is 4.34. The maximum Gasteiger partial charge on any atom is 0.309 e. The number of aliphatic hydroxyl groups is 2. The molecule has 0 aromatic rings. The molecule has 0 aromatic heterocycles. The van der Waals surface area contributed by atoms with Gasteiger partial charge in [0.25, 0.3) is 0 Å². The third kappa shape index (κ3) is 2.35. The first kappa shape index (κ1) is 23.5. The van der Waals surface area contributed by atoms with Crippen molar-refractivity contribution < 1.29 is 29.3 Å². The zero-order valence-corrected chi connectivity index (χ0v) is 22.3. The van der Waals surface area contributed by atoms with Crippen molar-refractivity contribution >= 4 is 11.9 Å². The summed E-state index contributed by atoms with van der Waals surface area (Å²) < 4.78 is 12.3. The van der Waals surface area contributed by atoms with E-state index < -0.39 is 16.6 Å². The van der Waals surface area contributed by atoms with Crippen molar-refractivity contribution in [3.63, 3.8) is 0 Å². The number of carbonyl (C=O) groups excluding carboxylic acids is 2. The maximum absolute atomic E-state index is 12.8. The number of fused-ring (bicyclic) bond motifs is 7. The second kappa shape index (κ2) is 6.66. The lowest BCUT2D eigenvalue weighted by molar-refractivity contribution is -0.157. The molecule has 36 heavy (non-hydrogen) atoms. The summed E-state index contributed by atoms with van der Waals surface area (Å²) in [6.45, 7) is 12.3. The quantitative estimate of drug-likeness (QED) is 0.391. The van der Waals surface area contributed by atoms with Crippen molar-refractivity contribution in [3.05, 3.63) is 23.3 Å². The molecule has 0 aromatic carbocycles. The van der Waals surface area contributed by atoms with Gasteiger partial charge in [0.2, 0.25) is 0 Å². The Bertz CT molecular complexity index is 1130. The molecule has 2 N–H and O–H groups in total. The Labute approximate surface area is 213 Å². The maximum atomic E-state index is 12.8. The van der Waals surface area contributed by atoms with Gasteiger partial charge in [-0.3, -0.25) is 9.59 Å². The van der Waals surface area contributed by atoms with Gasteiger partial charge in [-0.15, -0.1) is 0 Å². The predicted octanol–water partition coefficient (Wildman–Crippen LogP) is 3.80. The van der Waals surface area contributed by atoms with Crippen LogP contribution < -0.4 is 0 Å². The van der Waals surface area contributed by atoms with Crippen LogP contribution in [-0.4, -0.2) is 45.6 Å². The molecule has 7 aliphatic rings. The number of hydrogen-bond donors (Lipinski definition) is 2. The van der Waals surface area contributed by atoms with Crippen LogP contribution in [0.3, 0.4) is 0 Å². The van der Waals surface area contributed by atoms with E-state index >= 15 is 0 Å². The summed E-state index contributed by atoms with van der Waals surface area (Å²) in [5.41, 5.74) is -0.637. The zero-order valence-electron chi connectivity index (χ0n) is 22.3. The van der Waals surface area contributed by atoms with E-state index in [1.807, 2.05) is 27.7 Å². The molecule has 2 aliphatic heterocycles. The molecule has 6 nitrogen and oxygen atoms in total. The van der Waals surface area contributed by atoms with E-state index in [1.54, 1.807) is 0 Å². The predicted molar refractivity (Wildman–Crippen MR) is 131 cm³/mol. The number of ether oxygens (including phenoxy) is 2. The topological polar surface area (TPSA) is 93.1 Å². The SMILES string of the molecule is CC1=C2C3OC(=O)C(C)C3CCC(C)(O)C2C2C1C1(C)C=C[C@]23C1C1OC(=O)C(C)C1CCC3(C)O. The molecule has 2 heterocycles. The summed E-state index contributed by atoms with van der Waals surface area (Å²) in [4.78, 5) is 25.5. The van der Waals surface area contributed by atoms with Crippen molar-refractivity contribution in [2.45, 2.75) is 90.6 Å². The molecule has 2 saturated heterocycles. The first-order chi connectivity index (χ1) is 16.8. The van der Waals surface area contributed by atoms with Crippen LogP contribution in [0.15, 0.2) is 23.3 Å². The Balaban J connectivity index is 1.46. The molecule has 2 bridgehead atoms. The largest absolute Gasteiger partial charge is 0.461 e.